The number of nitrogens with zero attached hydrogens (tertiary/aromatic N) is 3. The van der Waals surface area contributed by atoms with E-state index in [9.17, 15) is 0 Å². The van der Waals surface area contributed by atoms with Gasteiger partial charge in [-0.2, -0.15) is 0 Å². The van der Waals surface area contributed by atoms with Crippen LogP contribution in [-0.2, 0) is 13.1 Å². The number of hydrogen-bond donors (Lipinski definition) is 1. The Morgan fingerprint density at radius 3 is 2.80 bits per heavy atom. The molecule has 2 heterocycles. The van der Waals surface area contributed by atoms with Crippen LogP contribution in [0.25, 0.3) is 0 Å². The maximum absolute atomic E-state index is 5.11. The van der Waals surface area contributed by atoms with Crippen LogP contribution in [0.4, 0.5) is 0 Å². The maximum Gasteiger partial charge on any atom is 0.177 e. The molecule has 0 unspecified atom stereocenters. The molecule has 0 spiro atoms. The molecule has 2 aromatic heterocycles. The van der Waals surface area contributed by atoms with E-state index in [0.717, 1.165) is 30.7 Å². The number of H-pyrrole nitrogens is 1. The summed E-state index contributed by atoms with van der Waals surface area (Å²) in [7, 11) is 0. The van der Waals surface area contributed by atoms with E-state index in [2.05, 4.69) is 19.1 Å². The van der Waals surface area contributed by atoms with Crippen LogP contribution >= 0.6 is 12.2 Å². The van der Waals surface area contributed by atoms with E-state index in [4.69, 9.17) is 12.2 Å². The molecule has 15 heavy (non-hydrogen) atoms. The highest BCUT2D eigenvalue weighted by Crippen LogP contribution is 1.99. The molecular formula is C10H14N4S. The predicted octanol–water partition coefficient (Wildman–Crippen LogP) is 2.22. The molecule has 5 heteroatoms. The molecule has 0 bridgehead atoms. The number of aromatic amines is 1. The molecule has 0 fully saturated rings. The zero-order valence-electron chi connectivity index (χ0n) is 8.47. The normalized spacial score (nSPS) is 10.7. The third-order valence-corrected chi connectivity index (χ3v) is 2.70. The van der Waals surface area contributed by atoms with Gasteiger partial charge in [0.2, 0.25) is 0 Å². The van der Waals surface area contributed by atoms with E-state index < -0.39 is 0 Å². The number of imidazole rings is 2. The van der Waals surface area contributed by atoms with E-state index in [1.54, 1.807) is 0 Å². The van der Waals surface area contributed by atoms with Crippen molar-refractivity contribution in [3.8, 4) is 0 Å². The van der Waals surface area contributed by atoms with E-state index in [1.807, 2.05) is 31.1 Å². The van der Waals surface area contributed by atoms with Crippen LogP contribution in [0.1, 0.15) is 12.8 Å². The first-order valence-electron chi connectivity index (χ1n) is 5.06. The monoisotopic (exact) mass is 222 g/mol. The van der Waals surface area contributed by atoms with Crippen molar-refractivity contribution in [2.24, 2.45) is 0 Å². The summed E-state index contributed by atoms with van der Waals surface area (Å²) in [4.78, 5) is 6.99. The Bertz CT molecular complexity index is 440. The number of nitrogens with one attached hydrogen (secondary N) is 1. The van der Waals surface area contributed by atoms with Gasteiger partial charge in [-0.25, -0.2) is 4.98 Å². The maximum atomic E-state index is 5.11. The van der Waals surface area contributed by atoms with Gasteiger partial charge in [-0.15, -0.1) is 0 Å². The van der Waals surface area contributed by atoms with Crippen molar-refractivity contribution in [2.45, 2.75) is 25.9 Å². The fraction of sp³-hybridized carbons (Fsp3) is 0.400. The summed E-state index contributed by atoms with van der Waals surface area (Å²) in [5, 5.41) is 0. The fourth-order valence-corrected chi connectivity index (χ4v) is 1.74. The summed E-state index contributed by atoms with van der Waals surface area (Å²) in [6.45, 7) is 2.01. The molecular weight excluding hydrogens is 208 g/mol. The van der Waals surface area contributed by atoms with Gasteiger partial charge in [-0.1, -0.05) is 0 Å². The Morgan fingerprint density at radius 2 is 2.13 bits per heavy atom. The third kappa shape index (κ3) is 2.79. The van der Waals surface area contributed by atoms with Gasteiger partial charge >= 0.3 is 0 Å². The fourth-order valence-electron chi connectivity index (χ4n) is 1.52. The second-order valence-corrected chi connectivity index (χ2v) is 3.85. The SMILES string of the molecule is S=c1[nH]ccn1CCCCn1ccnc1. The average molecular weight is 222 g/mol. The quantitative estimate of drug-likeness (QED) is 0.622. The predicted molar refractivity (Wildman–Crippen MR) is 61.1 cm³/mol. The molecule has 4 nitrogen and oxygen atoms in total. The first-order valence-corrected chi connectivity index (χ1v) is 5.46. The Kier molecular flexibility index (Phi) is 3.34. The molecule has 0 aliphatic heterocycles. The Labute approximate surface area is 93.6 Å². The molecule has 0 saturated heterocycles. The molecule has 2 aromatic rings. The Balaban J connectivity index is 1.72. The van der Waals surface area contributed by atoms with E-state index in [0.29, 0.717) is 0 Å². The van der Waals surface area contributed by atoms with Crippen molar-refractivity contribution >= 4 is 12.2 Å². The van der Waals surface area contributed by atoms with E-state index >= 15 is 0 Å². The zero-order valence-corrected chi connectivity index (χ0v) is 9.28. The lowest BCUT2D eigenvalue weighted by Crippen LogP contribution is -1.99. The topological polar surface area (TPSA) is 38.5 Å². The molecule has 2 rings (SSSR count). The highest BCUT2D eigenvalue weighted by molar-refractivity contribution is 7.71. The third-order valence-electron chi connectivity index (χ3n) is 2.35. The minimum Gasteiger partial charge on any atom is -0.337 e. The molecule has 0 radical (unpaired) electrons. The molecule has 0 atom stereocenters. The largest absolute Gasteiger partial charge is 0.337 e. The van der Waals surface area contributed by atoms with Crippen LogP contribution in [0.5, 0.6) is 0 Å². The lowest BCUT2D eigenvalue weighted by Gasteiger charge is -2.03. The Morgan fingerprint density at radius 1 is 1.27 bits per heavy atom. The van der Waals surface area contributed by atoms with Crippen molar-refractivity contribution in [1.29, 1.82) is 0 Å². The Hall–Kier alpha value is -1.36. The van der Waals surface area contributed by atoms with Gasteiger partial charge in [-0.3, -0.25) is 0 Å². The minimum atomic E-state index is 0.803. The van der Waals surface area contributed by atoms with Crippen LogP contribution in [0, 0.1) is 4.77 Å². The van der Waals surface area contributed by atoms with Crippen LogP contribution < -0.4 is 0 Å². The molecule has 0 amide bonds. The van der Waals surface area contributed by atoms with E-state index in [-0.39, 0.29) is 0 Å². The molecule has 0 aromatic carbocycles. The summed E-state index contributed by atoms with van der Waals surface area (Å²) in [6, 6.07) is 0. The highest BCUT2D eigenvalue weighted by atomic mass is 32.1. The zero-order chi connectivity index (χ0) is 10.5. The lowest BCUT2D eigenvalue weighted by atomic mass is 10.3. The van der Waals surface area contributed by atoms with Gasteiger partial charge in [0.25, 0.3) is 0 Å². The van der Waals surface area contributed by atoms with Crippen LogP contribution in [-0.4, -0.2) is 19.1 Å². The summed E-state index contributed by atoms with van der Waals surface area (Å²) in [5.41, 5.74) is 0. The number of aromatic nitrogens is 4. The molecule has 0 aliphatic rings. The van der Waals surface area contributed by atoms with Crippen LogP contribution in [0.2, 0.25) is 0 Å². The molecule has 0 saturated carbocycles. The van der Waals surface area contributed by atoms with Crippen LogP contribution in [0.3, 0.4) is 0 Å². The summed E-state index contributed by atoms with van der Waals surface area (Å²) in [5.74, 6) is 0. The lowest BCUT2D eigenvalue weighted by molar-refractivity contribution is 0.550. The standard InChI is InChI=1S/C10H14N4S/c15-10-12-4-8-14(10)6-2-1-5-13-7-3-11-9-13/h3-4,7-9H,1-2,5-6H2,(H,12,15). The second-order valence-electron chi connectivity index (χ2n) is 3.47. The van der Waals surface area contributed by atoms with Crippen molar-refractivity contribution in [2.75, 3.05) is 0 Å². The van der Waals surface area contributed by atoms with Gasteiger partial charge in [0.1, 0.15) is 0 Å². The van der Waals surface area contributed by atoms with Crippen LogP contribution in [0.15, 0.2) is 31.1 Å². The molecule has 80 valence electrons. The molecule has 1 N–H and O–H groups in total. The van der Waals surface area contributed by atoms with Crippen molar-refractivity contribution < 1.29 is 0 Å². The highest BCUT2D eigenvalue weighted by Gasteiger charge is 1.94. The van der Waals surface area contributed by atoms with Crippen molar-refractivity contribution in [1.82, 2.24) is 19.1 Å². The smallest absolute Gasteiger partial charge is 0.177 e. The number of rotatable bonds is 5. The number of unbranched alkanes of at least 4 members (excludes halogenated alkanes) is 1. The van der Waals surface area contributed by atoms with Gasteiger partial charge < -0.3 is 14.1 Å². The van der Waals surface area contributed by atoms with Gasteiger partial charge in [0.05, 0.1) is 6.33 Å². The van der Waals surface area contributed by atoms with Gasteiger partial charge in [-0.05, 0) is 25.1 Å². The second kappa shape index (κ2) is 4.93. The average Bonchev–Trinajstić information content (AvgIpc) is 2.85. The summed E-state index contributed by atoms with van der Waals surface area (Å²) in [6.07, 6.45) is 11.8. The first-order chi connectivity index (χ1) is 7.36. The van der Waals surface area contributed by atoms with Crippen molar-refractivity contribution in [3.05, 3.63) is 35.9 Å². The summed E-state index contributed by atoms with van der Waals surface area (Å²) < 4.78 is 4.96. The van der Waals surface area contributed by atoms with Gasteiger partial charge in [0, 0.05) is 37.9 Å². The van der Waals surface area contributed by atoms with E-state index in [1.165, 1.54) is 0 Å². The first kappa shape index (κ1) is 10.2. The van der Waals surface area contributed by atoms with Gasteiger partial charge in [0.15, 0.2) is 4.77 Å². The van der Waals surface area contributed by atoms with Crippen molar-refractivity contribution in [3.63, 3.8) is 0 Å². The minimum absolute atomic E-state index is 0.803. The number of hydrogen-bond acceptors (Lipinski definition) is 2. The molecule has 0 aliphatic carbocycles. The summed E-state index contributed by atoms with van der Waals surface area (Å²) >= 11 is 5.11. The number of aryl methyl sites for hydroxylation is 2.